The molecule has 2 atom stereocenters. The molecular weight excluding hydrogens is 476 g/mol. The van der Waals surface area contributed by atoms with Crippen LogP contribution in [0.2, 0.25) is 0 Å². The normalized spacial score (nSPS) is 18.5. The van der Waals surface area contributed by atoms with Gasteiger partial charge in [-0.2, -0.15) is 0 Å². The van der Waals surface area contributed by atoms with Gasteiger partial charge >= 0.3 is 0 Å². The Morgan fingerprint density at radius 2 is 1.46 bits per heavy atom. The molecule has 1 aromatic carbocycles. The second-order valence-corrected chi connectivity index (χ2v) is 8.88. The number of amides is 5. The largest absolute Gasteiger partial charge is 0.494 e. The molecule has 5 amide bonds. The highest BCUT2D eigenvalue weighted by Crippen LogP contribution is 2.23. The van der Waals surface area contributed by atoms with E-state index in [1.807, 2.05) is 30.3 Å². The lowest BCUT2D eigenvalue weighted by Gasteiger charge is -2.28. The zero-order valence-electron chi connectivity index (χ0n) is 20.8. The molecule has 0 aromatic heterocycles. The molecule has 0 radical (unpaired) electrons. The summed E-state index contributed by atoms with van der Waals surface area (Å²) in [6, 6.07) is 9.22. The first-order valence-electron chi connectivity index (χ1n) is 12.7. The van der Waals surface area contributed by atoms with Crippen molar-refractivity contribution in [3.63, 3.8) is 0 Å². The van der Waals surface area contributed by atoms with E-state index < -0.39 is 0 Å². The Balaban J connectivity index is 1.18. The van der Waals surface area contributed by atoms with Crippen LogP contribution in [0.3, 0.4) is 0 Å². The number of ether oxygens (including phenoxy) is 1. The number of hydrogen-bond acceptors (Lipinski definition) is 6. The number of para-hydroxylation sites is 1. The Labute approximate surface area is 216 Å². The van der Waals surface area contributed by atoms with Crippen molar-refractivity contribution in [1.29, 1.82) is 0 Å². The zero-order chi connectivity index (χ0) is 26.5. The molecule has 1 aliphatic heterocycles. The molecule has 0 spiro atoms. The van der Waals surface area contributed by atoms with E-state index in [1.165, 1.54) is 17.1 Å². The summed E-state index contributed by atoms with van der Waals surface area (Å²) in [5.74, 6) is -0.793. The fraction of sp³-hybridized carbons (Fsp3) is 0.444. The maximum Gasteiger partial charge on any atom is 0.254 e. The number of rotatable bonds is 14. The van der Waals surface area contributed by atoms with Gasteiger partial charge in [-0.3, -0.25) is 28.9 Å². The summed E-state index contributed by atoms with van der Waals surface area (Å²) in [6.07, 6.45) is 8.76. The molecule has 37 heavy (non-hydrogen) atoms. The van der Waals surface area contributed by atoms with Gasteiger partial charge in [-0.15, -0.1) is 0 Å². The number of carbonyl (C=O) groups excluding carboxylic acids is 5. The molecule has 1 aromatic rings. The van der Waals surface area contributed by atoms with Crippen LogP contribution in [0.4, 0.5) is 0 Å². The smallest absolute Gasteiger partial charge is 0.254 e. The van der Waals surface area contributed by atoms with Crippen molar-refractivity contribution in [2.24, 2.45) is 5.92 Å². The van der Waals surface area contributed by atoms with Gasteiger partial charge in [-0.05, 0) is 37.8 Å². The lowest BCUT2D eigenvalue weighted by Crippen LogP contribution is -2.42. The molecule has 3 rings (SSSR count). The van der Waals surface area contributed by atoms with Crippen molar-refractivity contribution in [2.45, 2.75) is 44.6 Å². The van der Waals surface area contributed by atoms with Crippen molar-refractivity contribution in [1.82, 2.24) is 20.9 Å². The van der Waals surface area contributed by atoms with Crippen LogP contribution in [-0.4, -0.2) is 66.7 Å². The van der Waals surface area contributed by atoms with Crippen LogP contribution in [0.1, 0.15) is 38.5 Å². The van der Waals surface area contributed by atoms with Crippen molar-refractivity contribution in [3.8, 4) is 5.75 Å². The van der Waals surface area contributed by atoms with Crippen LogP contribution in [0.5, 0.6) is 5.75 Å². The predicted octanol–water partition coefficient (Wildman–Crippen LogP) is 1.23. The second kappa shape index (κ2) is 14.6. The summed E-state index contributed by atoms with van der Waals surface area (Å²) >= 11 is 0. The third-order valence-corrected chi connectivity index (χ3v) is 6.08. The fourth-order valence-electron chi connectivity index (χ4n) is 4.06. The zero-order valence-corrected chi connectivity index (χ0v) is 20.8. The van der Waals surface area contributed by atoms with Gasteiger partial charge in [0.15, 0.2) is 0 Å². The first-order valence-corrected chi connectivity index (χ1v) is 12.7. The molecule has 1 heterocycles. The van der Waals surface area contributed by atoms with Crippen LogP contribution in [0.15, 0.2) is 54.6 Å². The van der Waals surface area contributed by atoms with Crippen LogP contribution in [0, 0.1) is 5.92 Å². The molecule has 0 bridgehead atoms. The third-order valence-electron chi connectivity index (χ3n) is 6.08. The summed E-state index contributed by atoms with van der Waals surface area (Å²) < 4.78 is 5.60. The van der Waals surface area contributed by atoms with Crippen molar-refractivity contribution in [2.75, 3.05) is 26.2 Å². The van der Waals surface area contributed by atoms with E-state index >= 15 is 0 Å². The lowest BCUT2D eigenvalue weighted by molar-refractivity contribution is -0.138. The average Bonchev–Trinajstić information content (AvgIpc) is 3.25. The lowest BCUT2D eigenvalue weighted by atomic mass is 9.91. The average molecular weight is 511 g/mol. The predicted molar refractivity (Wildman–Crippen MR) is 136 cm³/mol. The van der Waals surface area contributed by atoms with Gasteiger partial charge in [0.25, 0.3) is 11.8 Å². The summed E-state index contributed by atoms with van der Waals surface area (Å²) in [7, 11) is 0. The van der Waals surface area contributed by atoms with Crippen LogP contribution < -0.4 is 20.7 Å². The van der Waals surface area contributed by atoms with E-state index in [4.69, 9.17) is 4.74 Å². The van der Waals surface area contributed by atoms with Gasteiger partial charge in [0.2, 0.25) is 17.7 Å². The first kappa shape index (κ1) is 27.6. The Morgan fingerprint density at radius 3 is 2.11 bits per heavy atom. The SMILES string of the molecule is O=C(CCC(=O)NCCNC(=O)C1C=CC(N2C(=O)C=CC2=O)CC1)NCCCCOc1ccccc1. The fourth-order valence-corrected chi connectivity index (χ4v) is 4.06. The topological polar surface area (TPSA) is 134 Å². The minimum absolute atomic E-state index is 0.0758. The summed E-state index contributed by atoms with van der Waals surface area (Å²) in [5, 5.41) is 8.27. The van der Waals surface area contributed by atoms with Gasteiger partial charge in [0.05, 0.1) is 18.6 Å². The van der Waals surface area contributed by atoms with Gasteiger partial charge < -0.3 is 20.7 Å². The highest BCUT2D eigenvalue weighted by atomic mass is 16.5. The minimum atomic E-state index is -0.346. The quantitative estimate of drug-likeness (QED) is 0.196. The van der Waals surface area contributed by atoms with Crippen molar-refractivity contribution in [3.05, 3.63) is 54.6 Å². The van der Waals surface area contributed by atoms with Crippen LogP contribution in [-0.2, 0) is 24.0 Å². The molecule has 2 unspecified atom stereocenters. The number of imide groups is 1. The van der Waals surface area contributed by atoms with E-state index in [9.17, 15) is 24.0 Å². The third kappa shape index (κ3) is 9.21. The van der Waals surface area contributed by atoms with E-state index in [1.54, 1.807) is 12.2 Å². The molecule has 10 nitrogen and oxygen atoms in total. The molecular formula is C27H34N4O6. The Hall–Kier alpha value is -3.95. The van der Waals surface area contributed by atoms with Gasteiger partial charge in [0, 0.05) is 44.6 Å². The maximum absolute atomic E-state index is 12.4. The highest BCUT2D eigenvalue weighted by molar-refractivity contribution is 6.13. The summed E-state index contributed by atoms with van der Waals surface area (Å²) in [6.45, 7) is 1.63. The van der Waals surface area contributed by atoms with E-state index in [0.717, 1.165) is 18.6 Å². The number of carbonyl (C=O) groups is 5. The number of nitrogens with one attached hydrogen (secondary N) is 3. The molecule has 198 valence electrons. The molecule has 1 aliphatic carbocycles. The van der Waals surface area contributed by atoms with Crippen LogP contribution in [0.25, 0.3) is 0 Å². The number of nitrogens with zero attached hydrogens (tertiary/aromatic N) is 1. The van der Waals surface area contributed by atoms with E-state index in [0.29, 0.717) is 26.0 Å². The number of unbranched alkanes of at least 4 members (excludes halogenated alkanes) is 1. The Kier molecular flexibility index (Phi) is 10.9. The minimum Gasteiger partial charge on any atom is -0.494 e. The number of hydrogen-bond donors (Lipinski definition) is 3. The molecule has 2 aliphatic rings. The molecule has 0 saturated heterocycles. The standard InChI is InChI=1S/C27H34N4O6/c32-23(28-16-4-5-19-37-22-6-2-1-3-7-22)12-13-24(33)29-17-18-30-27(36)20-8-10-21(11-9-20)31-25(34)14-15-26(31)35/h1-3,6-8,10,14-15,20-21H,4-5,9,11-13,16-19H2,(H,28,32)(H,29,33)(H,30,36). The van der Waals surface area contributed by atoms with Crippen molar-refractivity contribution < 1.29 is 28.7 Å². The maximum atomic E-state index is 12.4. The van der Waals surface area contributed by atoms with Gasteiger partial charge in [-0.25, -0.2) is 0 Å². The van der Waals surface area contributed by atoms with E-state index in [-0.39, 0.29) is 67.4 Å². The molecule has 3 N–H and O–H groups in total. The molecule has 0 fully saturated rings. The number of benzene rings is 1. The monoisotopic (exact) mass is 510 g/mol. The van der Waals surface area contributed by atoms with Crippen molar-refractivity contribution >= 4 is 29.5 Å². The highest BCUT2D eigenvalue weighted by Gasteiger charge is 2.32. The van der Waals surface area contributed by atoms with Gasteiger partial charge in [-0.1, -0.05) is 30.4 Å². The second-order valence-electron chi connectivity index (χ2n) is 8.88. The summed E-state index contributed by atoms with van der Waals surface area (Å²) in [5.41, 5.74) is 0. The first-order chi connectivity index (χ1) is 17.9. The van der Waals surface area contributed by atoms with Gasteiger partial charge in [0.1, 0.15) is 5.75 Å². The summed E-state index contributed by atoms with van der Waals surface area (Å²) in [4.78, 5) is 61.0. The molecule has 0 saturated carbocycles. The van der Waals surface area contributed by atoms with E-state index in [2.05, 4.69) is 16.0 Å². The Morgan fingerprint density at radius 1 is 0.811 bits per heavy atom. The molecule has 10 heteroatoms. The Bertz CT molecular complexity index is 1000. The van der Waals surface area contributed by atoms with Crippen LogP contribution >= 0.6 is 0 Å².